The maximum absolute atomic E-state index is 13.7. The van der Waals surface area contributed by atoms with Crippen LogP contribution >= 0.6 is 11.6 Å². The van der Waals surface area contributed by atoms with E-state index in [1.54, 1.807) is 24.3 Å². The van der Waals surface area contributed by atoms with E-state index in [2.05, 4.69) is 15.8 Å². The Morgan fingerprint density at radius 2 is 1.85 bits per heavy atom. The Balaban J connectivity index is 1.63. The number of halogens is 2. The molecule has 0 aliphatic heterocycles. The van der Waals surface area contributed by atoms with Gasteiger partial charge in [-0.2, -0.15) is 5.10 Å². The molecule has 0 fully saturated rings. The van der Waals surface area contributed by atoms with E-state index in [4.69, 9.17) is 21.1 Å². The smallest absolute Gasteiger partial charge is 0.271 e. The van der Waals surface area contributed by atoms with Crippen LogP contribution in [-0.4, -0.2) is 31.7 Å². The maximum atomic E-state index is 13.7. The van der Waals surface area contributed by atoms with Gasteiger partial charge in [0, 0.05) is 5.56 Å². The molecule has 0 radical (unpaired) electrons. The number of anilines is 1. The van der Waals surface area contributed by atoms with Crippen molar-refractivity contribution >= 4 is 35.3 Å². The third kappa shape index (κ3) is 6.54. The first-order chi connectivity index (χ1) is 15.9. The topological polar surface area (TPSA) is 89.0 Å². The van der Waals surface area contributed by atoms with Gasteiger partial charge >= 0.3 is 0 Å². The number of nitrogens with one attached hydrogen (secondary N) is 2. The fourth-order valence-electron chi connectivity index (χ4n) is 2.78. The van der Waals surface area contributed by atoms with Gasteiger partial charge in [0.1, 0.15) is 5.82 Å². The van der Waals surface area contributed by atoms with Crippen LogP contribution in [0.3, 0.4) is 0 Å². The van der Waals surface area contributed by atoms with E-state index in [1.165, 1.54) is 37.6 Å². The minimum absolute atomic E-state index is 0.0448. The first-order valence-electron chi connectivity index (χ1n) is 9.82. The van der Waals surface area contributed by atoms with Gasteiger partial charge in [-0.25, -0.2) is 9.82 Å². The van der Waals surface area contributed by atoms with Crippen LogP contribution in [-0.2, 0) is 4.79 Å². The predicted octanol–water partition coefficient (Wildman–Crippen LogP) is 4.58. The van der Waals surface area contributed by atoms with Crippen LogP contribution in [0.25, 0.3) is 0 Å². The zero-order valence-electron chi connectivity index (χ0n) is 17.9. The number of rotatable bonds is 8. The average Bonchev–Trinajstić information content (AvgIpc) is 2.80. The highest BCUT2D eigenvalue weighted by molar-refractivity contribution is 6.32. The van der Waals surface area contributed by atoms with Crippen LogP contribution in [0.5, 0.6) is 11.5 Å². The Hall–Kier alpha value is -3.91. The van der Waals surface area contributed by atoms with Gasteiger partial charge in [-0.05, 0) is 48.9 Å². The van der Waals surface area contributed by atoms with Crippen LogP contribution in [0.2, 0.25) is 5.02 Å². The van der Waals surface area contributed by atoms with Gasteiger partial charge in [-0.3, -0.25) is 9.59 Å². The molecule has 3 aromatic carbocycles. The Labute approximate surface area is 195 Å². The van der Waals surface area contributed by atoms with Crippen molar-refractivity contribution in [2.45, 2.75) is 6.92 Å². The number of ether oxygens (including phenoxy) is 2. The van der Waals surface area contributed by atoms with E-state index in [-0.39, 0.29) is 28.1 Å². The van der Waals surface area contributed by atoms with Crippen molar-refractivity contribution in [1.82, 2.24) is 5.43 Å². The van der Waals surface area contributed by atoms with Crippen molar-refractivity contribution in [3.8, 4) is 11.5 Å². The van der Waals surface area contributed by atoms with Gasteiger partial charge in [-0.1, -0.05) is 41.4 Å². The zero-order chi connectivity index (χ0) is 23.8. The Kier molecular flexibility index (Phi) is 7.99. The average molecular weight is 470 g/mol. The summed E-state index contributed by atoms with van der Waals surface area (Å²) in [5.41, 5.74) is 4.54. The largest absolute Gasteiger partial charge is 0.493 e. The molecule has 0 bridgehead atoms. The molecule has 0 spiro atoms. The summed E-state index contributed by atoms with van der Waals surface area (Å²) in [4.78, 5) is 24.2. The number of methoxy groups -OCH3 is 1. The number of carbonyl (C=O) groups excluding carboxylic acids is 2. The van der Waals surface area contributed by atoms with Crippen molar-refractivity contribution in [3.05, 3.63) is 88.2 Å². The molecule has 0 aliphatic rings. The molecule has 0 saturated heterocycles. The third-order valence-electron chi connectivity index (χ3n) is 4.44. The number of benzene rings is 3. The van der Waals surface area contributed by atoms with E-state index in [0.717, 1.165) is 5.56 Å². The lowest BCUT2D eigenvalue weighted by molar-refractivity contribution is -0.118. The second-order valence-corrected chi connectivity index (χ2v) is 7.32. The first-order valence-corrected chi connectivity index (χ1v) is 10.2. The molecule has 0 saturated carbocycles. The number of para-hydroxylation sites is 1. The van der Waals surface area contributed by atoms with Crippen molar-refractivity contribution in [2.24, 2.45) is 5.10 Å². The summed E-state index contributed by atoms with van der Waals surface area (Å²) in [5.74, 6) is -1.08. The van der Waals surface area contributed by atoms with Gasteiger partial charge in [0.05, 0.1) is 24.0 Å². The number of hydrogen-bond acceptors (Lipinski definition) is 5. The molecule has 7 nitrogen and oxygen atoms in total. The van der Waals surface area contributed by atoms with Crippen LogP contribution in [0.15, 0.2) is 65.8 Å². The SMILES string of the molecule is COc1cc(/C=N/NC(=O)c2ccc(C)cc2)cc(Cl)c1OCC(=O)Nc1ccccc1F. The summed E-state index contributed by atoms with van der Waals surface area (Å²) in [6.07, 6.45) is 1.40. The highest BCUT2D eigenvalue weighted by atomic mass is 35.5. The molecule has 9 heteroatoms. The Morgan fingerprint density at radius 3 is 2.55 bits per heavy atom. The summed E-state index contributed by atoms with van der Waals surface area (Å²) in [5, 5.41) is 6.52. The molecule has 0 unspecified atom stereocenters. The van der Waals surface area contributed by atoms with E-state index < -0.39 is 18.3 Å². The molecule has 0 heterocycles. The highest BCUT2D eigenvalue weighted by Gasteiger charge is 2.14. The lowest BCUT2D eigenvalue weighted by atomic mass is 10.1. The van der Waals surface area contributed by atoms with E-state index in [1.807, 2.05) is 19.1 Å². The minimum atomic E-state index is -0.567. The summed E-state index contributed by atoms with van der Waals surface area (Å²) in [7, 11) is 1.41. The molecule has 0 aromatic heterocycles. The summed E-state index contributed by atoms with van der Waals surface area (Å²) in [6.45, 7) is 1.52. The molecule has 3 aromatic rings. The Morgan fingerprint density at radius 1 is 1.12 bits per heavy atom. The normalized spacial score (nSPS) is 10.7. The summed E-state index contributed by atoms with van der Waals surface area (Å²) >= 11 is 6.29. The van der Waals surface area contributed by atoms with E-state index >= 15 is 0 Å². The van der Waals surface area contributed by atoms with Crippen LogP contribution in [0, 0.1) is 12.7 Å². The summed E-state index contributed by atoms with van der Waals surface area (Å²) in [6, 6.07) is 16.0. The van der Waals surface area contributed by atoms with E-state index in [9.17, 15) is 14.0 Å². The van der Waals surface area contributed by atoms with Gasteiger partial charge in [-0.15, -0.1) is 0 Å². The van der Waals surface area contributed by atoms with Crippen LogP contribution < -0.4 is 20.2 Å². The quantitative estimate of drug-likeness (QED) is 0.373. The molecule has 2 N–H and O–H groups in total. The lowest BCUT2D eigenvalue weighted by Crippen LogP contribution is -2.21. The molecular formula is C24H21ClFN3O4. The first kappa shape index (κ1) is 23.7. The number of aryl methyl sites for hydroxylation is 1. The number of nitrogens with zero attached hydrogens (tertiary/aromatic N) is 1. The fraction of sp³-hybridized carbons (Fsp3) is 0.125. The third-order valence-corrected chi connectivity index (χ3v) is 4.72. The highest BCUT2D eigenvalue weighted by Crippen LogP contribution is 2.36. The predicted molar refractivity (Wildman–Crippen MR) is 125 cm³/mol. The minimum Gasteiger partial charge on any atom is -0.493 e. The molecule has 170 valence electrons. The molecule has 3 rings (SSSR count). The van der Waals surface area contributed by atoms with Gasteiger partial charge < -0.3 is 14.8 Å². The Bertz CT molecular complexity index is 1180. The van der Waals surface area contributed by atoms with Crippen LogP contribution in [0.4, 0.5) is 10.1 Å². The van der Waals surface area contributed by atoms with Gasteiger partial charge in [0.2, 0.25) is 0 Å². The number of hydrazone groups is 1. The molecule has 33 heavy (non-hydrogen) atoms. The lowest BCUT2D eigenvalue weighted by Gasteiger charge is -2.13. The number of carbonyl (C=O) groups is 2. The molecule has 2 amide bonds. The van der Waals surface area contributed by atoms with E-state index in [0.29, 0.717) is 11.1 Å². The molecular weight excluding hydrogens is 449 g/mol. The van der Waals surface area contributed by atoms with Crippen LogP contribution in [0.1, 0.15) is 21.5 Å². The van der Waals surface area contributed by atoms with Crippen molar-refractivity contribution in [3.63, 3.8) is 0 Å². The zero-order valence-corrected chi connectivity index (χ0v) is 18.7. The van der Waals surface area contributed by atoms with Crippen molar-refractivity contribution in [1.29, 1.82) is 0 Å². The number of amides is 2. The fourth-order valence-corrected chi connectivity index (χ4v) is 3.05. The molecule has 0 atom stereocenters. The summed E-state index contributed by atoms with van der Waals surface area (Å²) < 4.78 is 24.5. The van der Waals surface area contributed by atoms with Crippen molar-refractivity contribution in [2.75, 3.05) is 19.0 Å². The standard InChI is InChI=1S/C24H21ClFN3O4/c1-15-7-9-17(10-8-15)24(31)29-27-13-16-11-18(25)23(21(12-16)32-2)33-14-22(30)28-20-6-4-3-5-19(20)26/h3-13H,14H2,1-2H3,(H,28,30)(H,29,31)/b27-13+. The second-order valence-electron chi connectivity index (χ2n) is 6.92. The number of hydrogen-bond donors (Lipinski definition) is 2. The monoisotopic (exact) mass is 469 g/mol. The van der Waals surface area contributed by atoms with Gasteiger partial charge in [0.15, 0.2) is 18.1 Å². The second kappa shape index (κ2) is 11.1. The maximum Gasteiger partial charge on any atom is 0.271 e. The van der Waals surface area contributed by atoms with Gasteiger partial charge in [0.25, 0.3) is 11.8 Å². The van der Waals surface area contributed by atoms with Crippen molar-refractivity contribution < 1.29 is 23.5 Å². The molecule has 0 aliphatic carbocycles.